The van der Waals surface area contributed by atoms with E-state index in [2.05, 4.69) is 4.74 Å². The molecule has 0 heterocycles. The van der Waals surface area contributed by atoms with Crippen LogP contribution in [0.15, 0.2) is 0 Å². The van der Waals surface area contributed by atoms with Gasteiger partial charge >= 0.3 is 5.97 Å². The molecule has 0 radical (unpaired) electrons. The summed E-state index contributed by atoms with van der Waals surface area (Å²) >= 11 is 0. The molecule has 0 aliphatic heterocycles. The topological polar surface area (TPSA) is 26.3 Å². The Bertz CT molecular complexity index is 138. The van der Waals surface area contributed by atoms with Gasteiger partial charge in [-0.25, -0.2) is 13.6 Å². The third-order valence-corrected chi connectivity index (χ3v) is 0.929. The Kier molecular flexibility index (Phi) is 3.42. The van der Waals surface area contributed by atoms with Crippen molar-refractivity contribution in [2.75, 3.05) is 6.61 Å². The summed E-state index contributed by atoms with van der Waals surface area (Å²) in [7, 11) is 0. The first kappa shape index (κ1) is 10.3. The molecule has 0 spiro atoms. The minimum atomic E-state index is -2.03. The minimum absolute atomic E-state index is 0.383. The van der Waals surface area contributed by atoms with Crippen LogP contribution in [-0.4, -0.2) is 24.4 Å². The molecule has 0 saturated carbocycles. The molecule has 0 bridgehead atoms. The number of ether oxygens (including phenoxy) is 1. The van der Waals surface area contributed by atoms with Gasteiger partial charge in [0, 0.05) is 0 Å². The number of halogens is 2. The lowest BCUT2D eigenvalue weighted by molar-refractivity contribution is -0.157. The summed E-state index contributed by atoms with van der Waals surface area (Å²) in [5.41, 5.74) is -2.03. The zero-order valence-corrected chi connectivity index (χ0v) is 6.86. The van der Waals surface area contributed by atoms with Crippen LogP contribution < -0.4 is 0 Å². The molecule has 2 nitrogen and oxygen atoms in total. The molecule has 0 saturated heterocycles. The molecule has 4 heteroatoms. The van der Waals surface area contributed by atoms with Crippen molar-refractivity contribution in [3.05, 3.63) is 0 Å². The molecule has 0 amide bonds. The third kappa shape index (κ3) is 4.70. The van der Waals surface area contributed by atoms with Crippen molar-refractivity contribution in [3.8, 4) is 0 Å². The van der Waals surface area contributed by atoms with Crippen molar-refractivity contribution < 1.29 is 18.3 Å². The van der Waals surface area contributed by atoms with E-state index in [4.69, 9.17) is 0 Å². The van der Waals surface area contributed by atoms with Crippen LogP contribution in [-0.2, 0) is 9.53 Å². The first-order valence-electron chi connectivity index (χ1n) is 3.34. The maximum Gasteiger partial charge on any atom is 0.343 e. The second-order valence-electron chi connectivity index (χ2n) is 2.85. The van der Waals surface area contributed by atoms with Crippen LogP contribution in [0.5, 0.6) is 0 Å². The Balaban J connectivity index is 3.71. The molecule has 0 rings (SSSR count). The van der Waals surface area contributed by atoms with Gasteiger partial charge in [0.05, 0.1) is 0 Å². The van der Waals surface area contributed by atoms with Crippen LogP contribution in [0, 0.1) is 0 Å². The van der Waals surface area contributed by atoms with Crippen molar-refractivity contribution in [2.24, 2.45) is 0 Å². The van der Waals surface area contributed by atoms with Gasteiger partial charge in [-0.05, 0) is 20.8 Å². The highest BCUT2D eigenvalue weighted by molar-refractivity contribution is 5.78. The second-order valence-corrected chi connectivity index (χ2v) is 2.85. The summed E-state index contributed by atoms with van der Waals surface area (Å²) in [5.74, 6) is -1.03. The van der Waals surface area contributed by atoms with E-state index >= 15 is 0 Å². The Labute approximate surface area is 64.5 Å². The van der Waals surface area contributed by atoms with Crippen molar-refractivity contribution >= 4 is 5.97 Å². The summed E-state index contributed by atoms with van der Waals surface area (Å²) in [5, 5.41) is 0. The Morgan fingerprint density at radius 1 is 1.64 bits per heavy atom. The van der Waals surface area contributed by atoms with E-state index in [0.717, 1.165) is 13.8 Å². The van der Waals surface area contributed by atoms with Crippen LogP contribution in [0.1, 0.15) is 20.8 Å². The highest BCUT2D eigenvalue weighted by Crippen LogP contribution is 2.10. The van der Waals surface area contributed by atoms with E-state index in [9.17, 15) is 13.6 Å². The lowest BCUT2D eigenvalue weighted by Crippen LogP contribution is -2.29. The van der Waals surface area contributed by atoms with Crippen molar-refractivity contribution in [1.82, 2.24) is 0 Å². The van der Waals surface area contributed by atoms with Gasteiger partial charge in [0.2, 0.25) is 5.67 Å². The van der Waals surface area contributed by atoms with Gasteiger partial charge < -0.3 is 4.74 Å². The smallest absolute Gasteiger partial charge is 0.343 e. The standard InChI is InChI=1S/C7H12F2O2/c1-5(8)4-11-6(10)7(2,3)9/h5H,4H2,1-3H3. The van der Waals surface area contributed by atoms with Crippen LogP contribution >= 0.6 is 0 Å². The zero-order chi connectivity index (χ0) is 9.07. The van der Waals surface area contributed by atoms with E-state index in [1.54, 1.807) is 0 Å². The molecule has 0 N–H and O–H groups in total. The molecule has 0 aromatic heterocycles. The van der Waals surface area contributed by atoms with E-state index in [1.807, 2.05) is 0 Å². The predicted molar refractivity (Wildman–Crippen MR) is 36.7 cm³/mol. The molecule has 0 aliphatic rings. The highest BCUT2D eigenvalue weighted by Gasteiger charge is 2.28. The number of rotatable bonds is 3. The van der Waals surface area contributed by atoms with Crippen molar-refractivity contribution in [3.63, 3.8) is 0 Å². The minimum Gasteiger partial charge on any atom is -0.460 e. The highest BCUT2D eigenvalue weighted by atomic mass is 19.1. The molecule has 66 valence electrons. The fraction of sp³-hybridized carbons (Fsp3) is 0.857. The lowest BCUT2D eigenvalue weighted by Gasteiger charge is -2.12. The largest absolute Gasteiger partial charge is 0.460 e. The molecular weight excluding hydrogens is 154 g/mol. The van der Waals surface area contributed by atoms with Gasteiger partial charge in [0.1, 0.15) is 12.8 Å². The van der Waals surface area contributed by atoms with Gasteiger partial charge in [-0.2, -0.15) is 0 Å². The molecule has 0 aromatic rings. The summed E-state index contributed by atoms with van der Waals surface area (Å²) in [6.45, 7) is 2.99. The summed E-state index contributed by atoms with van der Waals surface area (Å²) in [6.07, 6.45) is -1.25. The Morgan fingerprint density at radius 3 is 2.36 bits per heavy atom. The van der Waals surface area contributed by atoms with E-state index in [-0.39, 0.29) is 6.61 Å². The summed E-state index contributed by atoms with van der Waals surface area (Å²) in [6, 6.07) is 0. The molecule has 1 atom stereocenters. The third-order valence-electron chi connectivity index (χ3n) is 0.929. The number of carbonyl (C=O) groups is 1. The molecular formula is C7H12F2O2. The van der Waals surface area contributed by atoms with Crippen molar-refractivity contribution in [1.29, 1.82) is 0 Å². The molecule has 1 unspecified atom stereocenters. The normalized spacial score (nSPS) is 14.3. The van der Waals surface area contributed by atoms with Gasteiger partial charge in [-0.15, -0.1) is 0 Å². The molecule has 0 aromatic carbocycles. The molecule has 0 fully saturated rings. The number of hydrogen-bond acceptors (Lipinski definition) is 2. The summed E-state index contributed by atoms with van der Waals surface area (Å²) in [4.78, 5) is 10.6. The second kappa shape index (κ2) is 3.64. The van der Waals surface area contributed by atoms with Crippen LogP contribution in [0.4, 0.5) is 8.78 Å². The molecule has 11 heavy (non-hydrogen) atoms. The van der Waals surface area contributed by atoms with Gasteiger partial charge in [-0.1, -0.05) is 0 Å². The van der Waals surface area contributed by atoms with Crippen LogP contribution in [0.25, 0.3) is 0 Å². The van der Waals surface area contributed by atoms with Crippen LogP contribution in [0.3, 0.4) is 0 Å². The van der Waals surface area contributed by atoms with Gasteiger partial charge in [-0.3, -0.25) is 0 Å². The average molecular weight is 166 g/mol. The fourth-order valence-corrected chi connectivity index (χ4v) is 0.362. The SMILES string of the molecule is CC(F)COC(=O)C(C)(C)F. The Hall–Kier alpha value is -0.670. The maximum absolute atomic E-state index is 12.6. The quantitative estimate of drug-likeness (QED) is 0.596. The first-order valence-corrected chi connectivity index (χ1v) is 3.34. The first-order chi connectivity index (χ1) is 4.84. The van der Waals surface area contributed by atoms with E-state index in [0.29, 0.717) is 0 Å². The lowest BCUT2D eigenvalue weighted by atomic mass is 10.2. The van der Waals surface area contributed by atoms with Gasteiger partial charge in [0.25, 0.3) is 0 Å². The Morgan fingerprint density at radius 2 is 2.09 bits per heavy atom. The maximum atomic E-state index is 12.6. The van der Waals surface area contributed by atoms with E-state index < -0.39 is 17.8 Å². The van der Waals surface area contributed by atoms with Gasteiger partial charge in [0.15, 0.2) is 0 Å². The molecule has 0 aliphatic carbocycles. The number of hydrogen-bond donors (Lipinski definition) is 0. The van der Waals surface area contributed by atoms with Crippen LogP contribution in [0.2, 0.25) is 0 Å². The van der Waals surface area contributed by atoms with E-state index in [1.165, 1.54) is 6.92 Å². The zero-order valence-electron chi connectivity index (χ0n) is 6.86. The van der Waals surface area contributed by atoms with Crippen molar-refractivity contribution in [2.45, 2.75) is 32.6 Å². The number of carbonyl (C=O) groups excluding carboxylic acids is 1. The number of alkyl halides is 2. The predicted octanol–water partition coefficient (Wildman–Crippen LogP) is 1.64. The fourth-order valence-electron chi connectivity index (χ4n) is 0.362. The number of esters is 1. The average Bonchev–Trinajstić information content (AvgIpc) is 1.80. The summed E-state index contributed by atoms with van der Waals surface area (Å²) < 4.78 is 29.0. The monoisotopic (exact) mass is 166 g/mol.